The lowest BCUT2D eigenvalue weighted by Gasteiger charge is -2.32. The molecule has 1 aromatic heterocycles. The maximum absolute atomic E-state index is 12.6. The van der Waals surface area contributed by atoms with E-state index >= 15 is 0 Å². The number of pyridine rings is 1. The standard InChI is InChI=1S/C21H24ClN3O4/c1-24-9-3-4-16(20(24)27)21(28)25-10-7-14(8-11-25)13-23-19(26)17-12-15(22)5-6-18(17)29-2/h3-6,9,12,14H,7-8,10-11,13H2,1-2H3,(H,23,26). The third-order valence-corrected chi connectivity index (χ3v) is 5.45. The maximum Gasteiger partial charge on any atom is 0.263 e. The first-order valence-corrected chi connectivity index (χ1v) is 9.85. The van der Waals surface area contributed by atoms with Crippen molar-refractivity contribution in [1.29, 1.82) is 0 Å². The molecule has 0 atom stereocenters. The van der Waals surface area contributed by atoms with E-state index in [9.17, 15) is 14.4 Å². The van der Waals surface area contributed by atoms with Gasteiger partial charge in [-0.05, 0) is 49.1 Å². The minimum atomic E-state index is -0.289. The van der Waals surface area contributed by atoms with Crippen LogP contribution in [0.15, 0.2) is 41.3 Å². The minimum Gasteiger partial charge on any atom is -0.496 e. The number of amides is 2. The van der Waals surface area contributed by atoms with Gasteiger partial charge in [0.25, 0.3) is 17.4 Å². The minimum absolute atomic E-state index is 0.190. The molecule has 0 unspecified atom stereocenters. The lowest BCUT2D eigenvalue weighted by atomic mass is 9.96. The van der Waals surface area contributed by atoms with E-state index in [2.05, 4.69) is 5.32 Å². The van der Waals surface area contributed by atoms with Gasteiger partial charge >= 0.3 is 0 Å². The van der Waals surface area contributed by atoms with E-state index in [1.807, 2.05) is 0 Å². The number of likely N-dealkylation sites (tertiary alicyclic amines) is 1. The Hall–Kier alpha value is -2.80. The van der Waals surface area contributed by atoms with Crippen LogP contribution in [0.3, 0.4) is 0 Å². The highest BCUT2D eigenvalue weighted by molar-refractivity contribution is 6.31. The van der Waals surface area contributed by atoms with E-state index < -0.39 is 0 Å². The number of nitrogens with zero attached hydrogens (tertiary/aromatic N) is 2. The van der Waals surface area contributed by atoms with Crippen molar-refractivity contribution >= 4 is 23.4 Å². The summed E-state index contributed by atoms with van der Waals surface area (Å²) in [6.07, 6.45) is 3.14. The van der Waals surface area contributed by atoms with E-state index in [4.69, 9.17) is 16.3 Å². The summed E-state index contributed by atoms with van der Waals surface area (Å²) in [5, 5.41) is 3.40. The Morgan fingerprint density at radius 2 is 1.93 bits per heavy atom. The molecule has 1 saturated heterocycles. The van der Waals surface area contributed by atoms with Crippen LogP contribution in [0.4, 0.5) is 0 Å². The highest BCUT2D eigenvalue weighted by atomic mass is 35.5. The molecule has 1 aliphatic rings. The average Bonchev–Trinajstić information content (AvgIpc) is 2.74. The zero-order chi connectivity index (χ0) is 21.0. The molecule has 0 spiro atoms. The van der Waals surface area contributed by atoms with Crippen LogP contribution in [-0.4, -0.2) is 48.0 Å². The number of methoxy groups -OCH3 is 1. The first-order chi connectivity index (χ1) is 13.9. The molecule has 1 aliphatic heterocycles. The molecule has 0 saturated carbocycles. The van der Waals surface area contributed by atoms with Crippen molar-refractivity contribution in [2.45, 2.75) is 12.8 Å². The van der Waals surface area contributed by atoms with Crippen LogP contribution >= 0.6 is 11.6 Å². The molecule has 3 rings (SSSR count). The second-order valence-electron chi connectivity index (χ2n) is 7.13. The molecule has 0 radical (unpaired) electrons. The molecule has 0 aliphatic carbocycles. The van der Waals surface area contributed by atoms with E-state index in [-0.39, 0.29) is 28.9 Å². The third kappa shape index (κ3) is 4.79. The molecular weight excluding hydrogens is 394 g/mol. The molecular formula is C21H24ClN3O4. The number of rotatable bonds is 5. The number of hydrogen-bond acceptors (Lipinski definition) is 4. The van der Waals surface area contributed by atoms with Crippen molar-refractivity contribution in [3.63, 3.8) is 0 Å². The van der Waals surface area contributed by atoms with Crippen LogP contribution in [0.1, 0.15) is 33.6 Å². The summed E-state index contributed by atoms with van der Waals surface area (Å²) in [5.41, 5.74) is 0.296. The number of aromatic nitrogens is 1. The van der Waals surface area contributed by atoms with Gasteiger partial charge in [0.1, 0.15) is 11.3 Å². The van der Waals surface area contributed by atoms with Gasteiger partial charge in [0.2, 0.25) is 0 Å². The Labute approximate surface area is 174 Å². The number of carbonyl (C=O) groups excluding carboxylic acids is 2. The van der Waals surface area contributed by atoms with Crippen molar-refractivity contribution in [3.05, 3.63) is 63.0 Å². The number of nitrogens with one attached hydrogen (secondary N) is 1. The third-order valence-electron chi connectivity index (χ3n) is 5.21. The zero-order valence-corrected chi connectivity index (χ0v) is 17.2. The summed E-state index contributed by atoms with van der Waals surface area (Å²) in [7, 11) is 3.13. The van der Waals surface area contributed by atoms with E-state index in [0.717, 1.165) is 12.8 Å². The van der Waals surface area contributed by atoms with E-state index in [1.165, 1.54) is 11.7 Å². The summed E-state index contributed by atoms with van der Waals surface area (Å²) >= 11 is 5.99. The fourth-order valence-corrected chi connectivity index (χ4v) is 3.63. The number of carbonyl (C=O) groups is 2. The molecule has 1 fully saturated rings. The number of benzene rings is 1. The molecule has 1 aromatic carbocycles. The van der Waals surface area contributed by atoms with Crippen molar-refractivity contribution in [2.75, 3.05) is 26.7 Å². The number of piperidine rings is 1. The predicted octanol–water partition coefficient (Wildman–Crippen LogP) is 2.33. The topological polar surface area (TPSA) is 80.6 Å². The second-order valence-corrected chi connectivity index (χ2v) is 7.56. The van der Waals surface area contributed by atoms with Crippen molar-refractivity contribution in [1.82, 2.24) is 14.8 Å². The largest absolute Gasteiger partial charge is 0.496 e. The molecule has 2 aromatic rings. The summed E-state index contributed by atoms with van der Waals surface area (Å²) in [5.74, 6) is 0.247. The van der Waals surface area contributed by atoms with Gasteiger partial charge in [0, 0.05) is 37.9 Å². The molecule has 8 heteroatoms. The zero-order valence-electron chi connectivity index (χ0n) is 16.5. The maximum atomic E-state index is 12.6. The highest BCUT2D eigenvalue weighted by Crippen LogP contribution is 2.23. The van der Waals surface area contributed by atoms with Crippen LogP contribution in [0, 0.1) is 5.92 Å². The van der Waals surface area contributed by atoms with Gasteiger partial charge < -0.3 is 19.5 Å². The summed E-state index contributed by atoms with van der Waals surface area (Å²) in [4.78, 5) is 39.0. The van der Waals surface area contributed by atoms with Gasteiger partial charge in [-0.3, -0.25) is 14.4 Å². The van der Waals surface area contributed by atoms with Gasteiger partial charge in [-0.25, -0.2) is 0 Å². The highest BCUT2D eigenvalue weighted by Gasteiger charge is 2.26. The SMILES string of the molecule is COc1ccc(Cl)cc1C(=O)NCC1CCN(C(=O)c2cccn(C)c2=O)CC1. The quantitative estimate of drug-likeness (QED) is 0.809. The van der Waals surface area contributed by atoms with Gasteiger partial charge in [-0.1, -0.05) is 11.6 Å². The lowest BCUT2D eigenvalue weighted by molar-refractivity contribution is 0.0682. The Kier molecular flexibility index (Phi) is 6.59. The Balaban J connectivity index is 1.54. The predicted molar refractivity (Wildman–Crippen MR) is 111 cm³/mol. The van der Waals surface area contributed by atoms with Crippen LogP contribution in [0.2, 0.25) is 5.02 Å². The van der Waals surface area contributed by atoms with Gasteiger partial charge in [-0.2, -0.15) is 0 Å². The summed E-state index contributed by atoms with van der Waals surface area (Å²) < 4.78 is 6.63. The summed E-state index contributed by atoms with van der Waals surface area (Å²) in [6.45, 7) is 1.61. The lowest BCUT2D eigenvalue weighted by Crippen LogP contribution is -2.43. The Morgan fingerprint density at radius 3 is 2.62 bits per heavy atom. The molecule has 1 N–H and O–H groups in total. The normalized spacial score (nSPS) is 14.5. The smallest absolute Gasteiger partial charge is 0.263 e. The number of halogens is 1. The molecule has 0 bridgehead atoms. The van der Waals surface area contributed by atoms with E-state index in [0.29, 0.717) is 36.0 Å². The molecule has 7 nitrogen and oxygen atoms in total. The fraction of sp³-hybridized carbons (Fsp3) is 0.381. The van der Waals surface area contributed by atoms with Crippen LogP contribution < -0.4 is 15.6 Å². The number of ether oxygens (including phenoxy) is 1. The van der Waals surface area contributed by atoms with Gasteiger partial charge in [0.05, 0.1) is 12.7 Å². The van der Waals surface area contributed by atoms with Crippen molar-refractivity contribution in [3.8, 4) is 5.75 Å². The second kappa shape index (κ2) is 9.13. The van der Waals surface area contributed by atoms with Gasteiger partial charge in [0.15, 0.2) is 0 Å². The van der Waals surface area contributed by atoms with Crippen molar-refractivity contribution in [2.24, 2.45) is 13.0 Å². The average molecular weight is 418 g/mol. The monoisotopic (exact) mass is 417 g/mol. The first kappa shape index (κ1) is 20.9. The molecule has 2 amide bonds. The molecule has 29 heavy (non-hydrogen) atoms. The van der Waals surface area contributed by atoms with Crippen LogP contribution in [0.5, 0.6) is 5.75 Å². The number of hydrogen-bond donors (Lipinski definition) is 1. The van der Waals surface area contributed by atoms with Crippen LogP contribution in [-0.2, 0) is 7.05 Å². The summed E-state index contributed by atoms with van der Waals surface area (Å²) in [6, 6.07) is 8.17. The van der Waals surface area contributed by atoms with Gasteiger partial charge in [-0.15, -0.1) is 0 Å². The molecule has 154 valence electrons. The Bertz CT molecular complexity index is 965. The molecule has 2 heterocycles. The first-order valence-electron chi connectivity index (χ1n) is 9.47. The van der Waals surface area contributed by atoms with Crippen LogP contribution in [0.25, 0.3) is 0 Å². The van der Waals surface area contributed by atoms with Crippen molar-refractivity contribution < 1.29 is 14.3 Å². The van der Waals surface area contributed by atoms with E-state index in [1.54, 1.807) is 48.5 Å². The fourth-order valence-electron chi connectivity index (χ4n) is 3.46. The Morgan fingerprint density at radius 1 is 1.21 bits per heavy atom. The number of aryl methyl sites for hydroxylation is 1.